The number of β-amino-alcohol motifs (C(OH)–C–C–N with tert-alkyl or cyclic N) is 2. The van der Waals surface area contributed by atoms with Gasteiger partial charge in [0.1, 0.15) is 0 Å². The molecule has 0 bridgehead atoms. The van der Waals surface area contributed by atoms with Crippen LogP contribution in [0.4, 0.5) is 0 Å². The Bertz CT molecular complexity index is 400. The van der Waals surface area contributed by atoms with Gasteiger partial charge in [-0.05, 0) is 12.0 Å². The number of likely N-dealkylation sites (tertiary alicyclic amines) is 1. The summed E-state index contributed by atoms with van der Waals surface area (Å²) in [5.41, 5.74) is 6.86. The number of hydrogen-bond donors (Lipinski definition) is 3. The van der Waals surface area contributed by atoms with E-state index in [-0.39, 0.29) is 19.0 Å². The summed E-state index contributed by atoms with van der Waals surface area (Å²) in [5, 5.41) is 18.8. The quantitative estimate of drug-likeness (QED) is 0.650. The normalized spacial score (nSPS) is 25.2. The molecule has 1 aromatic rings. The molecule has 3 atom stereocenters. The lowest BCUT2D eigenvalue weighted by Crippen LogP contribution is -2.44. The predicted octanol–water partition coefficient (Wildman–Crippen LogP) is -0.880. The van der Waals surface area contributed by atoms with E-state index in [4.69, 9.17) is 5.73 Å². The molecule has 18 heavy (non-hydrogen) atoms. The molecule has 1 saturated heterocycles. The maximum absolute atomic E-state index is 12.0. The molecule has 1 amide bonds. The zero-order valence-corrected chi connectivity index (χ0v) is 10.1. The Kier molecular flexibility index (Phi) is 3.96. The van der Waals surface area contributed by atoms with Gasteiger partial charge in [0.15, 0.2) is 0 Å². The SMILES string of the molecule is N[C@@H](Cc1ccccc1)C(=O)N1CC(O)C(O)C1. The molecule has 0 saturated carbocycles. The van der Waals surface area contributed by atoms with Crippen molar-refractivity contribution in [3.8, 4) is 0 Å². The number of rotatable bonds is 3. The number of aliphatic hydroxyl groups is 2. The van der Waals surface area contributed by atoms with Gasteiger partial charge < -0.3 is 20.8 Å². The minimum atomic E-state index is -0.863. The molecule has 1 aliphatic heterocycles. The van der Waals surface area contributed by atoms with Crippen molar-refractivity contribution in [2.45, 2.75) is 24.7 Å². The number of nitrogens with zero attached hydrogens (tertiary/aromatic N) is 1. The molecular formula is C13H18N2O3. The van der Waals surface area contributed by atoms with Gasteiger partial charge in [-0.2, -0.15) is 0 Å². The highest BCUT2D eigenvalue weighted by molar-refractivity contribution is 5.82. The Morgan fingerprint density at radius 3 is 2.39 bits per heavy atom. The molecule has 0 aliphatic carbocycles. The number of carbonyl (C=O) groups is 1. The van der Waals surface area contributed by atoms with Crippen LogP contribution in [0.3, 0.4) is 0 Å². The first kappa shape index (κ1) is 13.0. The monoisotopic (exact) mass is 250 g/mol. The molecule has 98 valence electrons. The number of benzene rings is 1. The topological polar surface area (TPSA) is 86.8 Å². The summed E-state index contributed by atoms with van der Waals surface area (Å²) in [6.45, 7) is 0.310. The molecule has 1 heterocycles. The molecular weight excluding hydrogens is 232 g/mol. The molecule has 1 fully saturated rings. The Balaban J connectivity index is 1.93. The van der Waals surface area contributed by atoms with Crippen molar-refractivity contribution < 1.29 is 15.0 Å². The summed E-state index contributed by atoms with van der Waals surface area (Å²) < 4.78 is 0. The van der Waals surface area contributed by atoms with E-state index in [0.717, 1.165) is 5.56 Å². The van der Waals surface area contributed by atoms with Crippen molar-refractivity contribution in [1.82, 2.24) is 4.90 Å². The van der Waals surface area contributed by atoms with Gasteiger partial charge in [0, 0.05) is 13.1 Å². The van der Waals surface area contributed by atoms with Gasteiger partial charge in [0.05, 0.1) is 18.2 Å². The van der Waals surface area contributed by atoms with Crippen LogP contribution in [0.25, 0.3) is 0 Å². The van der Waals surface area contributed by atoms with Gasteiger partial charge in [-0.25, -0.2) is 0 Å². The molecule has 4 N–H and O–H groups in total. The number of nitrogens with two attached hydrogens (primary N) is 1. The van der Waals surface area contributed by atoms with E-state index in [9.17, 15) is 15.0 Å². The van der Waals surface area contributed by atoms with Gasteiger partial charge in [-0.15, -0.1) is 0 Å². The van der Waals surface area contributed by atoms with Crippen LogP contribution in [0.5, 0.6) is 0 Å². The zero-order valence-electron chi connectivity index (χ0n) is 10.1. The van der Waals surface area contributed by atoms with Crippen LogP contribution in [0.1, 0.15) is 5.56 Å². The Morgan fingerprint density at radius 1 is 1.28 bits per heavy atom. The minimum Gasteiger partial charge on any atom is -0.388 e. The summed E-state index contributed by atoms with van der Waals surface area (Å²) in [6.07, 6.45) is -1.27. The molecule has 0 radical (unpaired) electrons. The Hall–Kier alpha value is -1.43. The van der Waals surface area contributed by atoms with Crippen molar-refractivity contribution in [1.29, 1.82) is 0 Å². The van der Waals surface area contributed by atoms with Crippen molar-refractivity contribution in [3.63, 3.8) is 0 Å². The third kappa shape index (κ3) is 2.87. The van der Waals surface area contributed by atoms with Crippen molar-refractivity contribution >= 4 is 5.91 Å². The van der Waals surface area contributed by atoms with Gasteiger partial charge in [-0.1, -0.05) is 30.3 Å². The van der Waals surface area contributed by atoms with E-state index in [2.05, 4.69) is 0 Å². The average molecular weight is 250 g/mol. The number of aliphatic hydroxyl groups excluding tert-OH is 2. The van der Waals surface area contributed by atoms with Crippen LogP contribution in [0.2, 0.25) is 0 Å². The van der Waals surface area contributed by atoms with Crippen LogP contribution >= 0.6 is 0 Å². The first-order valence-electron chi connectivity index (χ1n) is 6.02. The summed E-state index contributed by atoms with van der Waals surface area (Å²) >= 11 is 0. The minimum absolute atomic E-state index is 0.155. The molecule has 2 rings (SSSR count). The number of hydrogen-bond acceptors (Lipinski definition) is 4. The largest absolute Gasteiger partial charge is 0.388 e. The fourth-order valence-corrected chi connectivity index (χ4v) is 2.14. The van der Waals surface area contributed by atoms with Crippen LogP contribution in [-0.2, 0) is 11.2 Å². The summed E-state index contributed by atoms with van der Waals surface area (Å²) in [7, 11) is 0. The maximum Gasteiger partial charge on any atom is 0.240 e. The molecule has 0 spiro atoms. The van der Waals surface area contributed by atoms with Crippen LogP contribution < -0.4 is 5.73 Å². The molecule has 0 aromatic heterocycles. The average Bonchev–Trinajstić information content (AvgIpc) is 2.70. The van der Waals surface area contributed by atoms with Crippen molar-refractivity contribution in [2.75, 3.05) is 13.1 Å². The molecule has 5 heteroatoms. The Labute approximate surface area is 106 Å². The highest BCUT2D eigenvalue weighted by atomic mass is 16.3. The lowest BCUT2D eigenvalue weighted by molar-refractivity contribution is -0.132. The molecule has 1 aromatic carbocycles. The first-order chi connectivity index (χ1) is 8.58. The summed E-state index contributed by atoms with van der Waals surface area (Å²) in [5.74, 6) is -0.227. The van der Waals surface area contributed by atoms with Gasteiger partial charge in [0.2, 0.25) is 5.91 Å². The van der Waals surface area contributed by atoms with E-state index in [0.29, 0.717) is 6.42 Å². The molecule has 1 aliphatic rings. The van der Waals surface area contributed by atoms with E-state index >= 15 is 0 Å². The van der Waals surface area contributed by atoms with Gasteiger partial charge in [0.25, 0.3) is 0 Å². The van der Waals surface area contributed by atoms with E-state index in [1.807, 2.05) is 30.3 Å². The third-order valence-corrected chi connectivity index (χ3v) is 3.19. The van der Waals surface area contributed by atoms with E-state index < -0.39 is 18.2 Å². The van der Waals surface area contributed by atoms with Gasteiger partial charge >= 0.3 is 0 Å². The highest BCUT2D eigenvalue weighted by Gasteiger charge is 2.34. The summed E-state index contributed by atoms with van der Waals surface area (Å²) in [4.78, 5) is 13.4. The Morgan fingerprint density at radius 2 is 1.83 bits per heavy atom. The van der Waals surface area contributed by atoms with E-state index in [1.165, 1.54) is 4.90 Å². The third-order valence-electron chi connectivity index (χ3n) is 3.19. The smallest absolute Gasteiger partial charge is 0.240 e. The molecule has 5 nitrogen and oxygen atoms in total. The number of amides is 1. The second-order valence-corrected chi connectivity index (χ2v) is 4.67. The van der Waals surface area contributed by atoms with Crippen LogP contribution in [0, 0.1) is 0 Å². The maximum atomic E-state index is 12.0. The van der Waals surface area contributed by atoms with Crippen molar-refractivity contribution in [3.05, 3.63) is 35.9 Å². The zero-order chi connectivity index (χ0) is 13.1. The van der Waals surface area contributed by atoms with Crippen LogP contribution in [-0.4, -0.2) is 52.4 Å². The molecule has 2 unspecified atom stereocenters. The lowest BCUT2D eigenvalue weighted by atomic mass is 10.1. The lowest BCUT2D eigenvalue weighted by Gasteiger charge is -2.20. The fourth-order valence-electron chi connectivity index (χ4n) is 2.14. The van der Waals surface area contributed by atoms with Crippen molar-refractivity contribution in [2.24, 2.45) is 5.73 Å². The fraction of sp³-hybridized carbons (Fsp3) is 0.462. The first-order valence-corrected chi connectivity index (χ1v) is 6.02. The predicted molar refractivity (Wildman–Crippen MR) is 66.7 cm³/mol. The van der Waals surface area contributed by atoms with E-state index in [1.54, 1.807) is 0 Å². The summed E-state index contributed by atoms with van der Waals surface area (Å²) in [6, 6.07) is 8.90. The second-order valence-electron chi connectivity index (χ2n) is 4.67. The van der Waals surface area contributed by atoms with Crippen LogP contribution in [0.15, 0.2) is 30.3 Å². The second kappa shape index (κ2) is 5.48. The highest BCUT2D eigenvalue weighted by Crippen LogP contribution is 2.12. The number of carbonyl (C=O) groups excluding carboxylic acids is 1. The van der Waals surface area contributed by atoms with Gasteiger partial charge in [-0.3, -0.25) is 4.79 Å². The standard InChI is InChI=1S/C13H18N2O3/c14-10(6-9-4-2-1-3-5-9)13(18)15-7-11(16)12(17)8-15/h1-5,10-12,16-17H,6-8,14H2/t10-,11?,12?/m0/s1.